The molecule has 2 fully saturated rings. The van der Waals surface area contributed by atoms with Gasteiger partial charge in [-0.05, 0) is 38.0 Å². The predicted molar refractivity (Wildman–Crippen MR) is 91.1 cm³/mol. The molecule has 4 heteroatoms. The maximum atomic E-state index is 12.9. The smallest absolute Gasteiger partial charge is 0.233 e. The number of hydrogen-bond acceptors (Lipinski definition) is 2. The van der Waals surface area contributed by atoms with Gasteiger partial charge in [-0.3, -0.25) is 4.79 Å². The third-order valence-electron chi connectivity index (χ3n) is 5.46. The number of thiocarbonyl (C=S) groups is 1. The second-order valence-electron chi connectivity index (χ2n) is 7.14. The van der Waals surface area contributed by atoms with Gasteiger partial charge in [0.25, 0.3) is 0 Å². The maximum absolute atomic E-state index is 12.9. The molecular formula is C17H30N2OS. The summed E-state index contributed by atoms with van der Waals surface area (Å²) in [4.78, 5) is 13.3. The molecule has 0 radical (unpaired) electrons. The van der Waals surface area contributed by atoms with Crippen molar-refractivity contribution < 1.29 is 4.79 Å². The molecule has 2 atom stereocenters. The summed E-state index contributed by atoms with van der Waals surface area (Å²) in [7, 11) is 0. The van der Waals surface area contributed by atoms with Crippen LogP contribution in [0.15, 0.2) is 0 Å². The average Bonchev–Trinajstić information content (AvgIpc) is 2.80. The minimum atomic E-state index is -0.580. The molecule has 2 aliphatic rings. The van der Waals surface area contributed by atoms with E-state index in [0.717, 1.165) is 44.4 Å². The van der Waals surface area contributed by atoms with Crippen molar-refractivity contribution in [3.05, 3.63) is 0 Å². The largest absolute Gasteiger partial charge is 0.392 e. The summed E-state index contributed by atoms with van der Waals surface area (Å²) in [6.45, 7) is 2.31. The minimum Gasteiger partial charge on any atom is -0.392 e. The number of nitrogens with two attached hydrogens (primary N) is 1. The normalized spacial score (nSPS) is 30.0. The quantitative estimate of drug-likeness (QED) is 0.617. The van der Waals surface area contributed by atoms with Gasteiger partial charge in [0.15, 0.2) is 0 Å². The molecule has 2 unspecified atom stereocenters. The Bertz CT molecular complexity index is 375. The van der Waals surface area contributed by atoms with Gasteiger partial charge in [-0.15, -0.1) is 0 Å². The Morgan fingerprint density at radius 2 is 1.71 bits per heavy atom. The Hall–Kier alpha value is -0.640. The molecule has 0 saturated heterocycles. The third kappa shape index (κ3) is 4.18. The van der Waals surface area contributed by atoms with E-state index >= 15 is 0 Å². The van der Waals surface area contributed by atoms with Gasteiger partial charge < -0.3 is 11.1 Å². The molecular weight excluding hydrogens is 280 g/mol. The van der Waals surface area contributed by atoms with Crippen molar-refractivity contribution in [3.63, 3.8) is 0 Å². The third-order valence-corrected chi connectivity index (χ3v) is 5.85. The highest BCUT2D eigenvalue weighted by atomic mass is 32.1. The molecule has 0 spiro atoms. The van der Waals surface area contributed by atoms with Gasteiger partial charge in [0.05, 0.1) is 10.4 Å². The van der Waals surface area contributed by atoms with Crippen LogP contribution in [0.1, 0.15) is 77.6 Å². The molecule has 0 aromatic carbocycles. The lowest BCUT2D eigenvalue weighted by Gasteiger charge is -2.32. The number of amides is 1. The van der Waals surface area contributed by atoms with E-state index in [4.69, 9.17) is 18.0 Å². The van der Waals surface area contributed by atoms with E-state index in [1.807, 2.05) is 0 Å². The maximum Gasteiger partial charge on any atom is 0.233 e. The van der Waals surface area contributed by atoms with E-state index < -0.39 is 5.41 Å². The fraction of sp³-hybridized carbons (Fsp3) is 0.882. The molecule has 2 saturated carbocycles. The number of hydrogen-bond donors (Lipinski definition) is 2. The monoisotopic (exact) mass is 310 g/mol. The summed E-state index contributed by atoms with van der Waals surface area (Å²) in [5, 5.41) is 3.29. The first kappa shape index (κ1) is 16.7. The lowest BCUT2D eigenvalue weighted by molar-refractivity contribution is -0.128. The summed E-state index contributed by atoms with van der Waals surface area (Å²) in [5.74, 6) is 0.894. The van der Waals surface area contributed by atoms with Crippen LogP contribution in [0, 0.1) is 11.3 Å². The molecule has 0 aromatic heterocycles. The molecule has 21 heavy (non-hydrogen) atoms. The topological polar surface area (TPSA) is 55.1 Å². The van der Waals surface area contributed by atoms with E-state index in [-0.39, 0.29) is 5.91 Å². The summed E-state index contributed by atoms with van der Waals surface area (Å²) in [6.07, 6.45) is 12.1. The molecule has 0 aliphatic heterocycles. The highest BCUT2D eigenvalue weighted by Gasteiger charge is 2.42. The van der Waals surface area contributed by atoms with E-state index in [2.05, 4.69) is 12.2 Å². The highest BCUT2D eigenvalue weighted by molar-refractivity contribution is 7.80. The minimum absolute atomic E-state index is 0.108. The first-order chi connectivity index (χ1) is 10.0. The van der Waals surface area contributed by atoms with Gasteiger partial charge in [0.2, 0.25) is 5.91 Å². The zero-order valence-corrected chi connectivity index (χ0v) is 14.1. The second-order valence-corrected chi connectivity index (χ2v) is 7.58. The fourth-order valence-corrected chi connectivity index (χ4v) is 4.17. The van der Waals surface area contributed by atoms with E-state index in [9.17, 15) is 4.79 Å². The summed E-state index contributed by atoms with van der Waals surface area (Å²) < 4.78 is 0. The molecule has 0 heterocycles. The summed E-state index contributed by atoms with van der Waals surface area (Å²) in [6, 6.07) is 0.317. The zero-order valence-electron chi connectivity index (χ0n) is 13.3. The molecule has 1 amide bonds. The van der Waals surface area contributed by atoms with Crippen LogP contribution < -0.4 is 11.1 Å². The van der Waals surface area contributed by atoms with Crippen molar-refractivity contribution in [2.24, 2.45) is 17.1 Å². The Morgan fingerprint density at radius 3 is 2.33 bits per heavy atom. The van der Waals surface area contributed by atoms with Crippen LogP contribution in [0.2, 0.25) is 0 Å². The Kier molecular flexibility index (Phi) is 6.03. The van der Waals surface area contributed by atoms with E-state index in [1.165, 1.54) is 32.1 Å². The Morgan fingerprint density at radius 1 is 1.05 bits per heavy atom. The second kappa shape index (κ2) is 7.57. The molecule has 2 rings (SSSR count). The average molecular weight is 311 g/mol. The zero-order chi connectivity index (χ0) is 15.3. The first-order valence-corrected chi connectivity index (χ1v) is 9.06. The van der Waals surface area contributed by atoms with Crippen molar-refractivity contribution in [1.82, 2.24) is 5.32 Å². The predicted octanol–water partition coefficient (Wildman–Crippen LogP) is 3.70. The van der Waals surface area contributed by atoms with Crippen LogP contribution in [-0.2, 0) is 4.79 Å². The summed E-state index contributed by atoms with van der Waals surface area (Å²) in [5.41, 5.74) is 5.42. The van der Waals surface area contributed by atoms with Gasteiger partial charge in [0.1, 0.15) is 0 Å². The number of rotatable bonds is 3. The van der Waals surface area contributed by atoms with Crippen LogP contribution in [0.5, 0.6) is 0 Å². The standard InChI is InChI=1S/C17H30N2OS/c1-13-7-6-8-14(10-9-13)19-16(20)17(15(18)21)11-4-2-3-5-12-17/h13-14H,2-12H2,1H3,(H2,18,21)(H,19,20). The number of nitrogens with one attached hydrogen (secondary N) is 1. The van der Waals surface area contributed by atoms with Crippen molar-refractivity contribution in [2.75, 3.05) is 0 Å². The van der Waals surface area contributed by atoms with Crippen LogP contribution in [0.4, 0.5) is 0 Å². The van der Waals surface area contributed by atoms with E-state index in [0.29, 0.717) is 11.0 Å². The van der Waals surface area contributed by atoms with Crippen LogP contribution in [0.3, 0.4) is 0 Å². The molecule has 3 nitrogen and oxygen atoms in total. The number of carbonyl (C=O) groups excluding carboxylic acids is 1. The van der Waals surface area contributed by atoms with Gasteiger partial charge in [0, 0.05) is 6.04 Å². The van der Waals surface area contributed by atoms with Gasteiger partial charge in [-0.25, -0.2) is 0 Å². The van der Waals surface area contributed by atoms with Crippen LogP contribution in [0.25, 0.3) is 0 Å². The number of carbonyl (C=O) groups is 1. The van der Waals surface area contributed by atoms with Crippen molar-refractivity contribution in [3.8, 4) is 0 Å². The highest BCUT2D eigenvalue weighted by Crippen LogP contribution is 2.36. The molecule has 0 bridgehead atoms. The lowest BCUT2D eigenvalue weighted by atomic mass is 9.79. The Balaban J connectivity index is 2.02. The fourth-order valence-electron chi connectivity index (χ4n) is 3.87. The Labute approximate surface area is 134 Å². The van der Waals surface area contributed by atoms with Crippen LogP contribution in [-0.4, -0.2) is 16.9 Å². The molecule has 3 N–H and O–H groups in total. The SMILES string of the molecule is CC1CCCC(NC(=O)C2(C(N)=S)CCCCCC2)CC1. The lowest BCUT2D eigenvalue weighted by Crippen LogP contribution is -2.51. The molecule has 120 valence electrons. The van der Waals surface area contributed by atoms with Crippen molar-refractivity contribution in [1.29, 1.82) is 0 Å². The van der Waals surface area contributed by atoms with Crippen LogP contribution >= 0.6 is 12.2 Å². The van der Waals surface area contributed by atoms with Gasteiger partial charge >= 0.3 is 0 Å². The molecule has 2 aliphatic carbocycles. The molecule has 0 aromatic rings. The van der Waals surface area contributed by atoms with Gasteiger partial charge in [-0.2, -0.15) is 0 Å². The van der Waals surface area contributed by atoms with Gasteiger partial charge in [-0.1, -0.05) is 57.7 Å². The summed E-state index contributed by atoms with van der Waals surface area (Å²) >= 11 is 5.29. The first-order valence-electron chi connectivity index (χ1n) is 8.65. The van der Waals surface area contributed by atoms with Crippen molar-refractivity contribution >= 4 is 23.1 Å². The van der Waals surface area contributed by atoms with E-state index in [1.54, 1.807) is 0 Å². The van der Waals surface area contributed by atoms with Crippen molar-refractivity contribution in [2.45, 2.75) is 83.6 Å².